The maximum atomic E-state index is 11.6. The molecular formula is C24H47ClO2. The first kappa shape index (κ1) is 26.8. The summed E-state index contributed by atoms with van der Waals surface area (Å²) in [6, 6.07) is 0. The molecule has 1 unspecified atom stereocenters. The molecule has 0 rings (SSSR count). The Bertz CT molecular complexity index is 307. The first-order chi connectivity index (χ1) is 13.2. The van der Waals surface area contributed by atoms with Crippen LogP contribution < -0.4 is 0 Å². The van der Waals surface area contributed by atoms with Crippen LogP contribution in [-0.4, -0.2) is 18.0 Å². The standard InChI is InChI=1S/C24H47ClO2/c1-3-5-6-7-8-9-10-11-12-13-14-15-16-17-18-19-20-22-27-24(26)23(25)21-4-2/h23H,3-22H2,1-2H3. The van der Waals surface area contributed by atoms with Crippen LogP contribution in [0.4, 0.5) is 0 Å². The van der Waals surface area contributed by atoms with Gasteiger partial charge in [0.2, 0.25) is 0 Å². The number of carbonyl (C=O) groups excluding carboxylic acids is 1. The van der Waals surface area contributed by atoms with Crippen LogP contribution in [0.15, 0.2) is 0 Å². The van der Waals surface area contributed by atoms with Gasteiger partial charge in [0.05, 0.1) is 6.61 Å². The number of esters is 1. The van der Waals surface area contributed by atoms with E-state index in [1.165, 1.54) is 96.3 Å². The van der Waals surface area contributed by atoms with Crippen LogP contribution in [0.25, 0.3) is 0 Å². The van der Waals surface area contributed by atoms with Crippen LogP contribution >= 0.6 is 11.6 Å². The molecule has 0 saturated heterocycles. The van der Waals surface area contributed by atoms with Gasteiger partial charge in [-0.2, -0.15) is 0 Å². The summed E-state index contributed by atoms with van der Waals surface area (Å²) in [6.45, 7) is 4.84. The number of alkyl halides is 1. The topological polar surface area (TPSA) is 26.3 Å². The molecule has 3 heteroatoms. The highest BCUT2D eigenvalue weighted by Gasteiger charge is 2.14. The van der Waals surface area contributed by atoms with Gasteiger partial charge in [-0.1, -0.05) is 123 Å². The lowest BCUT2D eigenvalue weighted by atomic mass is 10.0. The molecule has 0 N–H and O–H groups in total. The lowest BCUT2D eigenvalue weighted by molar-refractivity contribution is -0.143. The van der Waals surface area contributed by atoms with E-state index in [0.717, 1.165) is 19.3 Å². The van der Waals surface area contributed by atoms with E-state index >= 15 is 0 Å². The predicted octanol–water partition coefficient (Wildman–Crippen LogP) is 8.59. The number of ether oxygens (including phenoxy) is 1. The largest absolute Gasteiger partial charge is 0.465 e. The molecule has 0 spiro atoms. The third-order valence-electron chi connectivity index (χ3n) is 5.29. The molecule has 2 nitrogen and oxygen atoms in total. The molecule has 0 aliphatic carbocycles. The van der Waals surface area contributed by atoms with E-state index < -0.39 is 5.38 Å². The van der Waals surface area contributed by atoms with Gasteiger partial charge in [0.25, 0.3) is 0 Å². The summed E-state index contributed by atoms with van der Waals surface area (Å²) in [7, 11) is 0. The Hall–Kier alpha value is -0.240. The summed E-state index contributed by atoms with van der Waals surface area (Å²) in [5.74, 6) is -0.241. The fourth-order valence-corrected chi connectivity index (χ4v) is 3.74. The van der Waals surface area contributed by atoms with E-state index in [-0.39, 0.29) is 5.97 Å². The molecule has 0 saturated carbocycles. The fourth-order valence-electron chi connectivity index (χ4n) is 3.46. The second kappa shape index (κ2) is 22.1. The van der Waals surface area contributed by atoms with E-state index in [9.17, 15) is 4.79 Å². The molecule has 0 aromatic rings. The van der Waals surface area contributed by atoms with Gasteiger partial charge < -0.3 is 4.74 Å². The summed E-state index contributed by atoms with van der Waals surface area (Å²) >= 11 is 5.94. The second-order valence-corrected chi connectivity index (χ2v) is 8.61. The van der Waals surface area contributed by atoms with Crippen LogP contribution in [-0.2, 0) is 9.53 Å². The molecule has 27 heavy (non-hydrogen) atoms. The van der Waals surface area contributed by atoms with Gasteiger partial charge in [0.15, 0.2) is 0 Å². The minimum absolute atomic E-state index is 0.241. The van der Waals surface area contributed by atoms with Crippen molar-refractivity contribution in [1.29, 1.82) is 0 Å². The van der Waals surface area contributed by atoms with Gasteiger partial charge in [-0.15, -0.1) is 11.6 Å². The molecule has 0 amide bonds. The van der Waals surface area contributed by atoms with Gasteiger partial charge in [-0.3, -0.25) is 4.79 Å². The van der Waals surface area contributed by atoms with Gasteiger partial charge in [-0.05, 0) is 12.8 Å². The van der Waals surface area contributed by atoms with Crippen LogP contribution in [0.1, 0.15) is 136 Å². The van der Waals surface area contributed by atoms with Crippen LogP contribution in [0.5, 0.6) is 0 Å². The minimum Gasteiger partial charge on any atom is -0.465 e. The highest BCUT2D eigenvalue weighted by Crippen LogP contribution is 2.14. The van der Waals surface area contributed by atoms with E-state index in [1.54, 1.807) is 0 Å². The van der Waals surface area contributed by atoms with E-state index in [4.69, 9.17) is 16.3 Å². The Morgan fingerprint density at radius 2 is 1.00 bits per heavy atom. The highest BCUT2D eigenvalue weighted by atomic mass is 35.5. The molecule has 0 aromatic carbocycles. The number of halogens is 1. The molecule has 0 aliphatic rings. The summed E-state index contributed by atoms with van der Waals surface area (Å²) in [4.78, 5) is 11.6. The number of rotatable bonds is 21. The molecule has 0 heterocycles. The SMILES string of the molecule is CCCCCCCCCCCCCCCCCCCOC(=O)C(Cl)CCC. The number of unbranched alkanes of at least 4 members (excludes halogenated alkanes) is 16. The van der Waals surface area contributed by atoms with Crippen molar-refractivity contribution in [3.8, 4) is 0 Å². The zero-order valence-corrected chi connectivity index (χ0v) is 19.2. The Labute approximate surface area is 175 Å². The molecule has 162 valence electrons. The number of hydrogen-bond acceptors (Lipinski definition) is 2. The van der Waals surface area contributed by atoms with Crippen molar-refractivity contribution in [2.45, 2.75) is 141 Å². The zero-order valence-electron chi connectivity index (χ0n) is 18.4. The van der Waals surface area contributed by atoms with Crippen molar-refractivity contribution < 1.29 is 9.53 Å². The monoisotopic (exact) mass is 402 g/mol. The first-order valence-electron chi connectivity index (χ1n) is 12.0. The van der Waals surface area contributed by atoms with Gasteiger partial charge >= 0.3 is 5.97 Å². The first-order valence-corrected chi connectivity index (χ1v) is 12.5. The van der Waals surface area contributed by atoms with Crippen molar-refractivity contribution in [1.82, 2.24) is 0 Å². The van der Waals surface area contributed by atoms with Crippen molar-refractivity contribution in [2.75, 3.05) is 6.61 Å². The third-order valence-corrected chi connectivity index (χ3v) is 5.69. The summed E-state index contributed by atoms with van der Waals surface area (Å²) in [6.07, 6.45) is 24.8. The molecule has 0 aromatic heterocycles. The predicted molar refractivity (Wildman–Crippen MR) is 120 cm³/mol. The van der Waals surface area contributed by atoms with Crippen molar-refractivity contribution in [2.24, 2.45) is 0 Å². The van der Waals surface area contributed by atoms with E-state index in [0.29, 0.717) is 13.0 Å². The maximum Gasteiger partial charge on any atom is 0.324 e. The smallest absolute Gasteiger partial charge is 0.324 e. The highest BCUT2D eigenvalue weighted by molar-refractivity contribution is 6.29. The normalized spacial score (nSPS) is 12.3. The average Bonchev–Trinajstić information content (AvgIpc) is 2.67. The maximum absolute atomic E-state index is 11.6. The summed E-state index contributed by atoms with van der Waals surface area (Å²) in [5, 5.41) is -0.458. The molecule has 0 aliphatic heterocycles. The Morgan fingerprint density at radius 1 is 0.630 bits per heavy atom. The Morgan fingerprint density at radius 3 is 1.37 bits per heavy atom. The average molecular weight is 403 g/mol. The lowest BCUT2D eigenvalue weighted by Gasteiger charge is -2.08. The van der Waals surface area contributed by atoms with Crippen molar-refractivity contribution in [3.63, 3.8) is 0 Å². The Balaban J connectivity index is 3.12. The summed E-state index contributed by atoms with van der Waals surface area (Å²) in [5.41, 5.74) is 0. The molecular weight excluding hydrogens is 356 g/mol. The van der Waals surface area contributed by atoms with Crippen molar-refractivity contribution in [3.05, 3.63) is 0 Å². The Kier molecular flexibility index (Phi) is 21.9. The minimum atomic E-state index is -0.458. The van der Waals surface area contributed by atoms with Crippen LogP contribution in [0, 0.1) is 0 Å². The fraction of sp³-hybridized carbons (Fsp3) is 0.958. The lowest BCUT2D eigenvalue weighted by Crippen LogP contribution is -2.18. The van der Waals surface area contributed by atoms with Crippen molar-refractivity contribution >= 4 is 17.6 Å². The van der Waals surface area contributed by atoms with Gasteiger partial charge in [0.1, 0.15) is 5.38 Å². The van der Waals surface area contributed by atoms with Crippen LogP contribution in [0.2, 0.25) is 0 Å². The zero-order chi connectivity index (χ0) is 20.0. The molecule has 1 atom stereocenters. The number of carbonyl (C=O) groups is 1. The van der Waals surface area contributed by atoms with Gasteiger partial charge in [0, 0.05) is 0 Å². The van der Waals surface area contributed by atoms with E-state index in [1.807, 2.05) is 6.92 Å². The van der Waals surface area contributed by atoms with Crippen LogP contribution in [0.3, 0.4) is 0 Å². The summed E-state index contributed by atoms with van der Waals surface area (Å²) < 4.78 is 5.21. The molecule has 0 bridgehead atoms. The van der Waals surface area contributed by atoms with E-state index in [2.05, 4.69) is 6.92 Å². The van der Waals surface area contributed by atoms with Gasteiger partial charge in [-0.25, -0.2) is 0 Å². The third kappa shape index (κ3) is 20.3. The molecule has 0 radical (unpaired) electrons. The number of hydrogen-bond donors (Lipinski definition) is 0. The second-order valence-electron chi connectivity index (χ2n) is 8.08. The molecule has 0 fully saturated rings. The quantitative estimate of drug-likeness (QED) is 0.109.